The van der Waals surface area contributed by atoms with Crippen molar-refractivity contribution in [2.45, 2.75) is 50.0 Å². The molecule has 0 atom stereocenters. The van der Waals surface area contributed by atoms with Crippen LogP contribution < -0.4 is 19.8 Å². The van der Waals surface area contributed by atoms with Crippen LogP contribution in [0.5, 0.6) is 5.75 Å². The first-order chi connectivity index (χ1) is 19.3. The van der Waals surface area contributed by atoms with E-state index in [1.807, 2.05) is 0 Å². The van der Waals surface area contributed by atoms with Crippen LogP contribution in [0, 0.1) is 6.92 Å². The molecule has 4 rings (SSSR count). The van der Waals surface area contributed by atoms with Gasteiger partial charge in [0.15, 0.2) is 6.61 Å². The van der Waals surface area contributed by atoms with Gasteiger partial charge in [0.05, 0.1) is 16.8 Å². The molecule has 3 aromatic carbocycles. The van der Waals surface area contributed by atoms with Crippen molar-refractivity contribution in [2.75, 3.05) is 17.5 Å². The predicted octanol–water partition coefficient (Wildman–Crippen LogP) is 4.17. The van der Waals surface area contributed by atoms with E-state index in [-0.39, 0.29) is 23.5 Å². The van der Waals surface area contributed by atoms with Gasteiger partial charge in [-0.15, -0.1) is 0 Å². The molecule has 0 spiro atoms. The molecule has 1 saturated carbocycles. The van der Waals surface area contributed by atoms with E-state index in [0.29, 0.717) is 22.6 Å². The quantitative estimate of drug-likeness (QED) is 0.269. The molecular formula is C30H34N4O5S. The highest BCUT2D eigenvalue weighted by molar-refractivity contribution is 7.92. The normalized spacial score (nSPS) is 14.0. The molecule has 0 radical (unpaired) electrons. The SMILES string of the molecule is Cc1ccccc1N(CC(=O)N/N=C\c1ccc(OCC(=O)NC2CCCCC2)cc1)S(=O)(=O)c1ccccc1. The second-order valence-electron chi connectivity index (χ2n) is 9.66. The summed E-state index contributed by atoms with van der Waals surface area (Å²) in [6, 6.07) is 22.1. The zero-order chi connectivity index (χ0) is 28.4. The molecule has 0 aromatic heterocycles. The van der Waals surface area contributed by atoms with Gasteiger partial charge >= 0.3 is 0 Å². The van der Waals surface area contributed by atoms with E-state index >= 15 is 0 Å². The lowest BCUT2D eigenvalue weighted by Crippen LogP contribution is -2.40. The van der Waals surface area contributed by atoms with Gasteiger partial charge in [-0.05, 0) is 73.4 Å². The molecule has 0 aliphatic heterocycles. The summed E-state index contributed by atoms with van der Waals surface area (Å²) in [6.45, 7) is 1.29. The van der Waals surface area contributed by atoms with Crippen LogP contribution in [0.15, 0.2) is 88.9 Å². The molecular weight excluding hydrogens is 528 g/mol. The third-order valence-corrected chi connectivity index (χ3v) is 8.40. The number of para-hydroxylation sites is 1. The Labute approximate surface area is 235 Å². The molecule has 2 amide bonds. The summed E-state index contributed by atoms with van der Waals surface area (Å²) in [5.41, 5.74) is 4.22. The van der Waals surface area contributed by atoms with Gasteiger partial charge in [-0.2, -0.15) is 5.10 Å². The minimum absolute atomic E-state index is 0.0523. The molecule has 40 heavy (non-hydrogen) atoms. The van der Waals surface area contributed by atoms with Crippen molar-refractivity contribution >= 4 is 33.7 Å². The van der Waals surface area contributed by atoms with Gasteiger partial charge in [-0.3, -0.25) is 13.9 Å². The van der Waals surface area contributed by atoms with Crippen LogP contribution in [0.2, 0.25) is 0 Å². The van der Waals surface area contributed by atoms with E-state index in [4.69, 9.17) is 4.74 Å². The molecule has 210 valence electrons. The first kappa shape index (κ1) is 28.8. The maximum absolute atomic E-state index is 13.4. The Kier molecular flexibility index (Phi) is 9.91. The molecule has 0 heterocycles. The van der Waals surface area contributed by atoms with E-state index in [1.54, 1.807) is 73.7 Å². The molecule has 1 fully saturated rings. The van der Waals surface area contributed by atoms with Crippen molar-refractivity contribution in [2.24, 2.45) is 5.10 Å². The Morgan fingerprint density at radius 3 is 2.30 bits per heavy atom. The molecule has 9 nitrogen and oxygen atoms in total. The van der Waals surface area contributed by atoms with Crippen molar-refractivity contribution < 1.29 is 22.7 Å². The van der Waals surface area contributed by atoms with Crippen LogP contribution in [0.25, 0.3) is 0 Å². The fourth-order valence-corrected chi connectivity index (χ4v) is 6.03. The highest BCUT2D eigenvalue weighted by Gasteiger charge is 2.28. The first-order valence-corrected chi connectivity index (χ1v) is 14.7. The standard InChI is InChI=1S/C30H34N4O5S/c1-23-10-8-9-15-28(23)34(40(37,38)27-13-6-3-7-14-27)21-29(35)33-31-20-24-16-18-26(19-17-24)39-22-30(36)32-25-11-4-2-5-12-25/h3,6-10,13-20,25H,2,4-5,11-12,21-22H2,1H3,(H,32,36)(H,33,35)/b31-20-. The van der Waals surface area contributed by atoms with Crippen LogP contribution in [-0.4, -0.2) is 45.6 Å². The summed E-state index contributed by atoms with van der Waals surface area (Å²) >= 11 is 0. The van der Waals surface area contributed by atoms with Crippen molar-refractivity contribution in [1.82, 2.24) is 10.7 Å². The van der Waals surface area contributed by atoms with E-state index in [1.165, 1.54) is 24.8 Å². The molecule has 0 saturated heterocycles. The number of nitrogens with one attached hydrogen (secondary N) is 2. The highest BCUT2D eigenvalue weighted by Crippen LogP contribution is 2.26. The molecule has 1 aliphatic rings. The topological polar surface area (TPSA) is 117 Å². The summed E-state index contributed by atoms with van der Waals surface area (Å²) in [4.78, 5) is 25.0. The highest BCUT2D eigenvalue weighted by atomic mass is 32.2. The number of nitrogens with zero attached hydrogens (tertiary/aromatic N) is 2. The molecule has 3 aromatic rings. The van der Waals surface area contributed by atoms with Gasteiger partial charge in [0, 0.05) is 6.04 Å². The van der Waals surface area contributed by atoms with Crippen LogP contribution in [0.3, 0.4) is 0 Å². The number of amides is 2. The number of hydrogen-bond acceptors (Lipinski definition) is 6. The van der Waals surface area contributed by atoms with Crippen molar-refractivity contribution in [3.05, 3.63) is 90.0 Å². The second kappa shape index (κ2) is 13.7. The Bertz CT molecular complexity index is 1420. The number of ether oxygens (including phenoxy) is 1. The number of sulfonamides is 1. The zero-order valence-electron chi connectivity index (χ0n) is 22.5. The van der Waals surface area contributed by atoms with E-state index < -0.39 is 22.5 Å². The first-order valence-electron chi connectivity index (χ1n) is 13.3. The fraction of sp³-hybridized carbons (Fsp3) is 0.300. The number of aryl methyl sites for hydroxylation is 1. The van der Waals surface area contributed by atoms with E-state index in [2.05, 4.69) is 15.8 Å². The molecule has 0 unspecified atom stereocenters. The summed E-state index contributed by atoms with van der Waals surface area (Å²) in [7, 11) is -4.00. The molecule has 1 aliphatic carbocycles. The number of rotatable bonds is 11. The minimum atomic E-state index is -4.00. The monoisotopic (exact) mass is 562 g/mol. The molecule has 10 heteroatoms. The van der Waals surface area contributed by atoms with Gasteiger partial charge in [0.2, 0.25) is 0 Å². The maximum atomic E-state index is 13.4. The number of carbonyl (C=O) groups is 2. The third kappa shape index (κ3) is 7.92. The molecule has 2 N–H and O–H groups in total. The van der Waals surface area contributed by atoms with Crippen LogP contribution in [-0.2, 0) is 19.6 Å². The zero-order valence-corrected chi connectivity index (χ0v) is 23.3. The summed E-state index contributed by atoms with van der Waals surface area (Å²) < 4.78 is 33.5. The number of benzene rings is 3. The number of hydrazone groups is 1. The third-order valence-electron chi connectivity index (χ3n) is 6.63. The largest absolute Gasteiger partial charge is 0.484 e. The Balaban J connectivity index is 1.33. The number of anilines is 1. The number of carbonyl (C=O) groups excluding carboxylic acids is 2. The van der Waals surface area contributed by atoms with E-state index in [9.17, 15) is 18.0 Å². The smallest absolute Gasteiger partial charge is 0.264 e. The van der Waals surface area contributed by atoms with Crippen LogP contribution in [0.4, 0.5) is 5.69 Å². The summed E-state index contributed by atoms with van der Waals surface area (Å²) in [5.74, 6) is -0.183. The van der Waals surface area contributed by atoms with Gasteiger partial charge in [-0.25, -0.2) is 13.8 Å². The van der Waals surface area contributed by atoms with Crippen molar-refractivity contribution in [1.29, 1.82) is 0 Å². The number of hydrogen-bond donors (Lipinski definition) is 2. The average molecular weight is 563 g/mol. The van der Waals surface area contributed by atoms with Crippen molar-refractivity contribution in [3.8, 4) is 5.75 Å². The van der Waals surface area contributed by atoms with E-state index in [0.717, 1.165) is 30.0 Å². The molecule has 0 bridgehead atoms. The van der Waals surface area contributed by atoms with Gasteiger partial charge in [-0.1, -0.05) is 55.7 Å². The van der Waals surface area contributed by atoms with Crippen molar-refractivity contribution in [3.63, 3.8) is 0 Å². The lowest BCUT2D eigenvalue weighted by Gasteiger charge is -2.25. The lowest BCUT2D eigenvalue weighted by atomic mass is 9.95. The summed E-state index contributed by atoms with van der Waals surface area (Å²) in [5, 5.41) is 7.00. The van der Waals surface area contributed by atoms with Gasteiger partial charge in [0.25, 0.3) is 21.8 Å². The Morgan fingerprint density at radius 1 is 0.925 bits per heavy atom. The average Bonchev–Trinajstić information content (AvgIpc) is 2.97. The fourth-order valence-electron chi connectivity index (χ4n) is 4.52. The Hall–Kier alpha value is -4.18. The second-order valence-corrected chi connectivity index (χ2v) is 11.5. The van der Waals surface area contributed by atoms with Crippen LogP contribution in [0.1, 0.15) is 43.2 Å². The van der Waals surface area contributed by atoms with Crippen LogP contribution >= 0.6 is 0 Å². The van der Waals surface area contributed by atoms with Gasteiger partial charge < -0.3 is 10.1 Å². The predicted molar refractivity (Wildman–Crippen MR) is 155 cm³/mol. The minimum Gasteiger partial charge on any atom is -0.484 e. The van der Waals surface area contributed by atoms with Gasteiger partial charge in [0.1, 0.15) is 12.3 Å². The Morgan fingerprint density at radius 2 is 1.60 bits per heavy atom. The lowest BCUT2D eigenvalue weighted by molar-refractivity contribution is -0.124. The summed E-state index contributed by atoms with van der Waals surface area (Å²) in [6.07, 6.45) is 7.00. The maximum Gasteiger partial charge on any atom is 0.264 e.